The van der Waals surface area contributed by atoms with E-state index in [1.165, 1.54) is 18.2 Å². The minimum atomic E-state index is -0.522. The van der Waals surface area contributed by atoms with Gasteiger partial charge in [-0.2, -0.15) is 0 Å². The van der Waals surface area contributed by atoms with Crippen LogP contribution in [-0.2, 0) is 0 Å². The second-order valence-electron chi connectivity index (χ2n) is 5.35. The molecule has 3 nitrogen and oxygen atoms in total. The molecule has 2 rings (SSSR count). The summed E-state index contributed by atoms with van der Waals surface area (Å²) >= 11 is 0. The number of hydrogen-bond acceptors (Lipinski definition) is 2. The molecule has 0 radical (unpaired) electrons. The minimum Gasteiger partial charge on any atom is -0.384 e. The lowest BCUT2D eigenvalue weighted by molar-refractivity contribution is 0.0693. The SMILES string of the molecule is CC1CCCCCN1C(=O)c1cc(C#CCO)ccc1F. The number of aliphatic hydroxyl groups excluding tert-OH is 1. The van der Waals surface area contributed by atoms with Gasteiger partial charge in [0.1, 0.15) is 12.4 Å². The van der Waals surface area contributed by atoms with E-state index < -0.39 is 5.82 Å². The lowest BCUT2D eigenvalue weighted by Crippen LogP contribution is -2.38. The Morgan fingerprint density at radius 3 is 3.00 bits per heavy atom. The van der Waals surface area contributed by atoms with E-state index in [0.717, 1.165) is 25.7 Å². The van der Waals surface area contributed by atoms with Crippen LogP contribution in [0.15, 0.2) is 18.2 Å². The van der Waals surface area contributed by atoms with Gasteiger partial charge in [-0.25, -0.2) is 4.39 Å². The van der Waals surface area contributed by atoms with Gasteiger partial charge >= 0.3 is 0 Å². The normalized spacial score (nSPS) is 18.6. The fourth-order valence-corrected chi connectivity index (χ4v) is 2.64. The van der Waals surface area contributed by atoms with Crippen LogP contribution in [0.3, 0.4) is 0 Å². The number of rotatable bonds is 1. The summed E-state index contributed by atoms with van der Waals surface area (Å²) in [6.07, 6.45) is 4.13. The molecule has 0 saturated carbocycles. The molecule has 21 heavy (non-hydrogen) atoms. The van der Waals surface area contributed by atoms with Crippen LogP contribution in [0, 0.1) is 17.7 Å². The third-order valence-electron chi connectivity index (χ3n) is 3.82. The number of aliphatic hydroxyl groups is 1. The Morgan fingerprint density at radius 1 is 1.43 bits per heavy atom. The molecule has 1 saturated heterocycles. The molecule has 1 aromatic rings. The summed E-state index contributed by atoms with van der Waals surface area (Å²) in [4.78, 5) is 14.4. The van der Waals surface area contributed by atoms with Crippen molar-refractivity contribution >= 4 is 5.91 Å². The molecule has 112 valence electrons. The molecule has 1 atom stereocenters. The van der Waals surface area contributed by atoms with Crippen LogP contribution >= 0.6 is 0 Å². The summed E-state index contributed by atoms with van der Waals surface area (Å²) in [6.45, 7) is 2.42. The zero-order valence-corrected chi connectivity index (χ0v) is 12.2. The molecule has 1 aliphatic rings. The fraction of sp³-hybridized carbons (Fsp3) is 0.471. The molecule has 1 N–H and O–H groups in total. The van der Waals surface area contributed by atoms with Crippen molar-refractivity contribution in [3.8, 4) is 11.8 Å². The van der Waals surface area contributed by atoms with E-state index in [2.05, 4.69) is 11.8 Å². The van der Waals surface area contributed by atoms with Crippen LogP contribution in [0.5, 0.6) is 0 Å². The van der Waals surface area contributed by atoms with E-state index in [9.17, 15) is 9.18 Å². The van der Waals surface area contributed by atoms with E-state index in [-0.39, 0.29) is 24.1 Å². The second-order valence-corrected chi connectivity index (χ2v) is 5.35. The van der Waals surface area contributed by atoms with Gasteiger partial charge in [-0.05, 0) is 38.0 Å². The highest BCUT2D eigenvalue weighted by molar-refractivity contribution is 5.95. The van der Waals surface area contributed by atoms with Crippen molar-refractivity contribution in [2.75, 3.05) is 13.2 Å². The van der Waals surface area contributed by atoms with E-state index in [0.29, 0.717) is 12.1 Å². The van der Waals surface area contributed by atoms with E-state index in [4.69, 9.17) is 5.11 Å². The fourth-order valence-electron chi connectivity index (χ4n) is 2.64. The molecule has 1 heterocycles. The van der Waals surface area contributed by atoms with Crippen LogP contribution in [0.1, 0.15) is 48.5 Å². The molecular weight excluding hydrogens is 269 g/mol. The zero-order chi connectivity index (χ0) is 15.2. The molecule has 0 bridgehead atoms. The lowest BCUT2D eigenvalue weighted by atomic mass is 10.1. The lowest BCUT2D eigenvalue weighted by Gasteiger charge is -2.27. The van der Waals surface area contributed by atoms with Gasteiger partial charge < -0.3 is 10.0 Å². The highest BCUT2D eigenvalue weighted by Gasteiger charge is 2.25. The van der Waals surface area contributed by atoms with Gasteiger partial charge in [0.15, 0.2) is 0 Å². The van der Waals surface area contributed by atoms with Gasteiger partial charge in [0.05, 0.1) is 5.56 Å². The molecule has 1 aliphatic heterocycles. The van der Waals surface area contributed by atoms with Crippen LogP contribution in [0.2, 0.25) is 0 Å². The van der Waals surface area contributed by atoms with Crippen LogP contribution in [0.25, 0.3) is 0 Å². The number of amides is 1. The Hall–Kier alpha value is -1.86. The Morgan fingerprint density at radius 2 is 2.24 bits per heavy atom. The Kier molecular flexibility index (Phi) is 5.35. The first kappa shape index (κ1) is 15.5. The van der Waals surface area contributed by atoms with Crippen molar-refractivity contribution in [3.63, 3.8) is 0 Å². The van der Waals surface area contributed by atoms with Gasteiger partial charge in [0, 0.05) is 18.2 Å². The molecule has 1 aromatic carbocycles. The maximum Gasteiger partial charge on any atom is 0.257 e. The highest BCUT2D eigenvalue weighted by atomic mass is 19.1. The summed E-state index contributed by atoms with van der Waals surface area (Å²) in [5.41, 5.74) is 0.602. The number of carbonyl (C=O) groups is 1. The van der Waals surface area contributed by atoms with Crippen molar-refractivity contribution in [1.82, 2.24) is 4.90 Å². The zero-order valence-electron chi connectivity index (χ0n) is 12.2. The average Bonchev–Trinajstić information content (AvgIpc) is 2.70. The second kappa shape index (κ2) is 7.24. The first-order chi connectivity index (χ1) is 10.1. The maximum absolute atomic E-state index is 14.0. The Bertz CT molecular complexity index is 574. The monoisotopic (exact) mass is 289 g/mol. The quantitative estimate of drug-likeness (QED) is 0.807. The number of benzene rings is 1. The number of likely N-dealkylation sites (tertiary alicyclic amines) is 1. The van der Waals surface area contributed by atoms with Gasteiger partial charge in [-0.1, -0.05) is 24.7 Å². The predicted molar refractivity (Wildman–Crippen MR) is 79.3 cm³/mol. The third kappa shape index (κ3) is 3.83. The molecule has 0 spiro atoms. The van der Waals surface area contributed by atoms with Crippen molar-refractivity contribution in [3.05, 3.63) is 35.1 Å². The summed E-state index contributed by atoms with van der Waals surface area (Å²) in [5.74, 6) is 4.42. The van der Waals surface area contributed by atoms with Crippen molar-refractivity contribution in [1.29, 1.82) is 0 Å². The van der Waals surface area contributed by atoms with Crippen LogP contribution in [-0.4, -0.2) is 35.1 Å². The molecule has 0 aromatic heterocycles. The number of halogens is 1. The summed E-state index contributed by atoms with van der Waals surface area (Å²) in [5, 5.41) is 8.71. The largest absolute Gasteiger partial charge is 0.384 e. The summed E-state index contributed by atoms with van der Waals surface area (Å²) < 4.78 is 14.0. The van der Waals surface area contributed by atoms with Crippen LogP contribution in [0.4, 0.5) is 4.39 Å². The number of nitrogens with zero attached hydrogens (tertiary/aromatic N) is 1. The van der Waals surface area contributed by atoms with Gasteiger partial charge in [0.25, 0.3) is 5.91 Å². The molecule has 1 unspecified atom stereocenters. The first-order valence-electron chi connectivity index (χ1n) is 7.33. The van der Waals surface area contributed by atoms with Gasteiger partial charge in [-0.3, -0.25) is 4.79 Å². The summed E-state index contributed by atoms with van der Waals surface area (Å²) in [6, 6.07) is 4.38. The van der Waals surface area contributed by atoms with Crippen LogP contribution < -0.4 is 0 Å². The highest BCUT2D eigenvalue weighted by Crippen LogP contribution is 2.20. The maximum atomic E-state index is 14.0. The minimum absolute atomic E-state index is 0.0634. The van der Waals surface area contributed by atoms with Crippen molar-refractivity contribution < 1.29 is 14.3 Å². The predicted octanol–water partition coefficient (Wildman–Crippen LogP) is 2.57. The molecule has 1 fully saturated rings. The molecule has 1 amide bonds. The molecule has 0 aliphatic carbocycles. The Labute approximate surface area is 124 Å². The van der Waals surface area contributed by atoms with E-state index >= 15 is 0 Å². The standard InChI is InChI=1S/C17H20FNO2/c1-13-6-3-2-4-10-19(13)17(21)15-12-14(7-5-11-20)8-9-16(15)18/h8-9,12-13,20H,2-4,6,10-11H2,1H3. The third-order valence-corrected chi connectivity index (χ3v) is 3.82. The van der Waals surface area contributed by atoms with Gasteiger partial charge in [-0.15, -0.1) is 0 Å². The van der Waals surface area contributed by atoms with E-state index in [1.54, 1.807) is 4.90 Å². The van der Waals surface area contributed by atoms with Gasteiger partial charge in [0.2, 0.25) is 0 Å². The number of hydrogen-bond donors (Lipinski definition) is 1. The summed E-state index contributed by atoms with van der Waals surface area (Å²) in [7, 11) is 0. The van der Waals surface area contributed by atoms with E-state index in [1.807, 2.05) is 6.92 Å². The topological polar surface area (TPSA) is 40.5 Å². The Balaban J connectivity index is 2.28. The average molecular weight is 289 g/mol. The first-order valence-corrected chi connectivity index (χ1v) is 7.33. The van der Waals surface area contributed by atoms with Crippen molar-refractivity contribution in [2.24, 2.45) is 0 Å². The van der Waals surface area contributed by atoms with Crippen molar-refractivity contribution in [2.45, 2.75) is 38.6 Å². The number of carbonyl (C=O) groups excluding carboxylic acids is 1. The molecule has 4 heteroatoms. The molecular formula is C17H20FNO2. The smallest absolute Gasteiger partial charge is 0.257 e.